The summed E-state index contributed by atoms with van der Waals surface area (Å²) in [5.74, 6) is 0.634. The van der Waals surface area contributed by atoms with Crippen LogP contribution in [0.1, 0.15) is 19.4 Å². The molecule has 20 heavy (non-hydrogen) atoms. The average Bonchev–Trinajstić information content (AvgIpc) is 2.49. The first-order valence-corrected chi connectivity index (χ1v) is 6.88. The summed E-state index contributed by atoms with van der Waals surface area (Å²) in [6.07, 6.45) is 0.487. The normalized spacial score (nSPS) is 10.1. The van der Waals surface area contributed by atoms with Crippen LogP contribution in [0.2, 0.25) is 0 Å². The summed E-state index contributed by atoms with van der Waals surface area (Å²) in [6.45, 7) is 4.54. The van der Waals surface area contributed by atoms with E-state index in [2.05, 4.69) is 0 Å². The molecule has 0 unspecified atom stereocenters. The van der Waals surface area contributed by atoms with Crippen LogP contribution in [0.4, 0.5) is 10.5 Å². The SMILES string of the molecule is CCc1ccccc1OC(=O)N(CC)c1ccccc1. The van der Waals surface area contributed by atoms with Gasteiger partial charge in [-0.05, 0) is 37.1 Å². The number of nitrogens with zero attached hydrogens (tertiary/aromatic N) is 1. The van der Waals surface area contributed by atoms with Gasteiger partial charge in [0.15, 0.2) is 0 Å². The summed E-state index contributed by atoms with van der Waals surface area (Å²) in [6, 6.07) is 17.2. The maximum absolute atomic E-state index is 12.3. The van der Waals surface area contributed by atoms with Gasteiger partial charge in [-0.25, -0.2) is 4.79 Å². The Hall–Kier alpha value is -2.29. The summed E-state index contributed by atoms with van der Waals surface area (Å²) in [7, 11) is 0. The van der Waals surface area contributed by atoms with Crippen molar-refractivity contribution in [2.45, 2.75) is 20.3 Å². The van der Waals surface area contributed by atoms with Gasteiger partial charge in [0.05, 0.1) is 0 Å². The molecule has 0 saturated heterocycles. The highest BCUT2D eigenvalue weighted by Gasteiger charge is 2.16. The van der Waals surface area contributed by atoms with Crippen LogP contribution in [0, 0.1) is 0 Å². The Morgan fingerprint density at radius 1 is 1.00 bits per heavy atom. The lowest BCUT2D eigenvalue weighted by molar-refractivity contribution is 0.207. The summed E-state index contributed by atoms with van der Waals surface area (Å²) in [5, 5.41) is 0. The molecule has 2 aromatic carbocycles. The Balaban J connectivity index is 2.18. The first kappa shape index (κ1) is 14.1. The third-order valence-corrected chi connectivity index (χ3v) is 3.16. The Labute approximate surface area is 119 Å². The molecule has 0 bridgehead atoms. The molecule has 2 aromatic rings. The van der Waals surface area contributed by atoms with Crippen LogP contribution in [0.5, 0.6) is 5.75 Å². The van der Waals surface area contributed by atoms with Gasteiger partial charge in [0.25, 0.3) is 0 Å². The number of hydrogen-bond donors (Lipinski definition) is 0. The number of amides is 1. The summed E-state index contributed by atoms with van der Waals surface area (Å²) >= 11 is 0. The second-order valence-corrected chi connectivity index (χ2v) is 4.41. The molecule has 0 heterocycles. The van der Waals surface area contributed by atoms with E-state index >= 15 is 0 Å². The van der Waals surface area contributed by atoms with E-state index in [0.29, 0.717) is 12.3 Å². The van der Waals surface area contributed by atoms with Crippen molar-refractivity contribution in [3.8, 4) is 5.75 Å². The van der Waals surface area contributed by atoms with E-state index in [-0.39, 0.29) is 6.09 Å². The Kier molecular flexibility index (Phi) is 4.77. The van der Waals surface area contributed by atoms with Crippen molar-refractivity contribution >= 4 is 11.8 Å². The molecule has 0 saturated carbocycles. The highest BCUT2D eigenvalue weighted by molar-refractivity contribution is 5.89. The predicted molar refractivity (Wildman–Crippen MR) is 81.3 cm³/mol. The smallest absolute Gasteiger partial charge is 0.410 e. The number of ether oxygens (including phenoxy) is 1. The van der Waals surface area contributed by atoms with Crippen molar-refractivity contribution in [3.63, 3.8) is 0 Å². The zero-order valence-electron chi connectivity index (χ0n) is 11.9. The molecular weight excluding hydrogens is 250 g/mol. The average molecular weight is 269 g/mol. The Morgan fingerprint density at radius 2 is 1.65 bits per heavy atom. The van der Waals surface area contributed by atoms with Gasteiger partial charge < -0.3 is 4.74 Å². The molecule has 0 atom stereocenters. The van der Waals surface area contributed by atoms with E-state index in [1.807, 2.05) is 68.4 Å². The number of rotatable bonds is 4. The van der Waals surface area contributed by atoms with E-state index in [9.17, 15) is 4.79 Å². The lowest BCUT2D eigenvalue weighted by Crippen LogP contribution is -2.33. The monoisotopic (exact) mass is 269 g/mol. The molecule has 104 valence electrons. The van der Waals surface area contributed by atoms with Gasteiger partial charge in [0.1, 0.15) is 5.75 Å². The minimum atomic E-state index is -0.348. The largest absolute Gasteiger partial charge is 0.419 e. The summed E-state index contributed by atoms with van der Waals surface area (Å²) < 4.78 is 5.53. The van der Waals surface area contributed by atoms with Gasteiger partial charge in [0, 0.05) is 12.2 Å². The number of anilines is 1. The Morgan fingerprint density at radius 3 is 2.30 bits per heavy atom. The quantitative estimate of drug-likeness (QED) is 0.829. The molecule has 0 fully saturated rings. The molecule has 3 heteroatoms. The van der Waals surface area contributed by atoms with Crippen molar-refractivity contribution in [2.24, 2.45) is 0 Å². The van der Waals surface area contributed by atoms with Crippen LogP contribution in [0.3, 0.4) is 0 Å². The van der Waals surface area contributed by atoms with Gasteiger partial charge in [-0.15, -0.1) is 0 Å². The zero-order valence-corrected chi connectivity index (χ0v) is 11.9. The standard InChI is InChI=1S/C17H19NO2/c1-3-14-10-8-9-13-16(14)20-17(19)18(4-2)15-11-6-5-7-12-15/h5-13H,3-4H2,1-2H3. The number of hydrogen-bond acceptors (Lipinski definition) is 2. The van der Waals surface area contributed by atoms with Gasteiger partial charge in [-0.1, -0.05) is 43.3 Å². The maximum Gasteiger partial charge on any atom is 0.419 e. The molecule has 3 nitrogen and oxygen atoms in total. The fourth-order valence-corrected chi connectivity index (χ4v) is 2.07. The predicted octanol–water partition coefficient (Wildman–Crippen LogP) is 4.27. The summed E-state index contributed by atoms with van der Waals surface area (Å²) in [4.78, 5) is 13.9. The van der Waals surface area contributed by atoms with Crippen LogP contribution in [-0.2, 0) is 6.42 Å². The molecule has 0 aromatic heterocycles. The highest BCUT2D eigenvalue weighted by Crippen LogP contribution is 2.21. The first-order valence-electron chi connectivity index (χ1n) is 6.88. The van der Waals surface area contributed by atoms with E-state index in [1.54, 1.807) is 4.90 Å². The molecule has 1 amide bonds. The van der Waals surface area contributed by atoms with E-state index < -0.39 is 0 Å². The van der Waals surface area contributed by atoms with Crippen molar-refractivity contribution < 1.29 is 9.53 Å². The second-order valence-electron chi connectivity index (χ2n) is 4.41. The first-order chi connectivity index (χ1) is 9.76. The number of carbonyl (C=O) groups is 1. The van der Waals surface area contributed by atoms with E-state index in [4.69, 9.17) is 4.74 Å². The van der Waals surface area contributed by atoms with E-state index in [0.717, 1.165) is 17.7 Å². The molecule has 0 aliphatic heterocycles. The topological polar surface area (TPSA) is 29.5 Å². The van der Waals surface area contributed by atoms with Crippen LogP contribution < -0.4 is 9.64 Å². The molecule has 2 rings (SSSR count). The number of carbonyl (C=O) groups excluding carboxylic acids is 1. The van der Waals surface area contributed by atoms with Gasteiger partial charge in [0.2, 0.25) is 0 Å². The molecule has 0 aliphatic rings. The zero-order chi connectivity index (χ0) is 14.4. The minimum absolute atomic E-state index is 0.348. The van der Waals surface area contributed by atoms with Crippen LogP contribution in [-0.4, -0.2) is 12.6 Å². The van der Waals surface area contributed by atoms with Gasteiger partial charge in [-0.2, -0.15) is 0 Å². The van der Waals surface area contributed by atoms with Crippen molar-refractivity contribution in [1.29, 1.82) is 0 Å². The lowest BCUT2D eigenvalue weighted by atomic mass is 10.1. The third kappa shape index (κ3) is 3.18. The second kappa shape index (κ2) is 6.75. The minimum Gasteiger partial charge on any atom is -0.410 e. The Bertz CT molecular complexity index is 566. The lowest BCUT2D eigenvalue weighted by Gasteiger charge is -2.21. The highest BCUT2D eigenvalue weighted by atomic mass is 16.6. The van der Waals surface area contributed by atoms with Crippen LogP contribution in [0.25, 0.3) is 0 Å². The van der Waals surface area contributed by atoms with Gasteiger partial charge >= 0.3 is 6.09 Å². The van der Waals surface area contributed by atoms with Crippen LogP contribution >= 0.6 is 0 Å². The maximum atomic E-state index is 12.3. The van der Waals surface area contributed by atoms with Crippen LogP contribution in [0.15, 0.2) is 54.6 Å². The molecule has 0 N–H and O–H groups in total. The van der Waals surface area contributed by atoms with Gasteiger partial charge in [-0.3, -0.25) is 4.90 Å². The van der Waals surface area contributed by atoms with Crippen molar-refractivity contribution in [1.82, 2.24) is 0 Å². The number of aryl methyl sites for hydroxylation is 1. The van der Waals surface area contributed by atoms with Crippen molar-refractivity contribution in [2.75, 3.05) is 11.4 Å². The van der Waals surface area contributed by atoms with E-state index in [1.165, 1.54) is 0 Å². The molecule has 0 aliphatic carbocycles. The number of benzene rings is 2. The fourth-order valence-electron chi connectivity index (χ4n) is 2.07. The molecular formula is C17H19NO2. The molecule has 0 radical (unpaired) electrons. The third-order valence-electron chi connectivity index (χ3n) is 3.16. The summed E-state index contributed by atoms with van der Waals surface area (Å²) in [5.41, 5.74) is 1.87. The number of para-hydroxylation sites is 2. The fraction of sp³-hybridized carbons (Fsp3) is 0.235. The van der Waals surface area contributed by atoms with Crippen molar-refractivity contribution in [3.05, 3.63) is 60.2 Å². The molecule has 0 spiro atoms.